The van der Waals surface area contributed by atoms with Crippen LogP contribution in [-0.4, -0.2) is 0 Å². The summed E-state index contributed by atoms with van der Waals surface area (Å²) >= 11 is 0. The van der Waals surface area contributed by atoms with E-state index in [2.05, 4.69) is 230 Å². The summed E-state index contributed by atoms with van der Waals surface area (Å²) in [5.74, 6) is 0. The molecule has 6 aromatic carbocycles. The van der Waals surface area contributed by atoms with E-state index >= 15 is 0 Å². The number of nitrogens with zero attached hydrogens (tertiary/aromatic N) is 2. The maximum Gasteiger partial charge on any atom is 0.0520 e. The van der Waals surface area contributed by atoms with E-state index in [0.29, 0.717) is 0 Å². The lowest BCUT2D eigenvalue weighted by atomic mass is 9.55. The fourth-order valence-electron chi connectivity index (χ4n) is 13.4. The Bertz CT molecular complexity index is 2540. The molecule has 0 bridgehead atoms. The minimum Gasteiger partial charge on any atom is -0.310 e. The first-order valence-electron chi connectivity index (χ1n) is 24.1. The number of rotatable bonds is 6. The van der Waals surface area contributed by atoms with Gasteiger partial charge in [0, 0.05) is 33.6 Å². The molecule has 0 amide bonds. The molecular weight excluding hydrogens is 773 g/mol. The van der Waals surface area contributed by atoms with Gasteiger partial charge in [-0.15, -0.1) is 0 Å². The predicted molar refractivity (Wildman–Crippen MR) is 276 cm³/mol. The number of aryl methyl sites for hydroxylation is 6. The lowest BCUT2D eigenvalue weighted by Gasteiger charge is -2.48. The van der Waals surface area contributed by atoms with Gasteiger partial charge in [0.05, 0.1) is 11.4 Å². The third kappa shape index (κ3) is 7.14. The second-order valence-corrected chi connectivity index (χ2v) is 24.4. The van der Waals surface area contributed by atoms with Gasteiger partial charge < -0.3 is 9.80 Å². The molecule has 0 heterocycles. The van der Waals surface area contributed by atoms with Crippen molar-refractivity contribution in [2.24, 2.45) is 10.8 Å². The van der Waals surface area contributed by atoms with E-state index in [9.17, 15) is 0 Å². The Labute approximate surface area is 387 Å². The molecule has 6 aromatic rings. The highest BCUT2D eigenvalue weighted by atomic mass is 15.2. The van der Waals surface area contributed by atoms with Crippen molar-refractivity contribution in [3.63, 3.8) is 0 Å². The maximum absolute atomic E-state index is 2.66. The summed E-state index contributed by atoms with van der Waals surface area (Å²) in [6.07, 6.45) is 4.72. The van der Waals surface area contributed by atoms with Gasteiger partial charge in [0.25, 0.3) is 0 Å². The van der Waals surface area contributed by atoms with Crippen LogP contribution in [0.3, 0.4) is 0 Å². The summed E-state index contributed by atoms with van der Waals surface area (Å²) in [7, 11) is 0. The Hall–Kier alpha value is -5.08. The largest absolute Gasteiger partial charge is 0.310 e. The van der Waals surface area contributed by atoms with E-state index in [4.69, 9.17) is 0 Å². The van der Waals surface area contributed by atoms with Gasteiger partial charge in [-0.1, -0.05) is 141 Å². The third-order valence-corrected chi connectivity index (χ3v) is 15.6. The summed E-state index contributed by atoms with van der Waals surface area (Å²) in [4.78, 5) is 5.14. The van der Waals surface area contributed by atoms with Crippen LogP contribution in [0.1, 0.15) is 151 Å². The molecule has 0 aliphatic heterocycles. The first-order valence-corrected chi connectivity index (χ1v) is 24.1. The lowest BCUT2D eigenvalue weighted by Crippen LogP contribution is -2.43. The van der Waals surface area contributed by atoms with Crippen LogP contribution < -0.4 is 9.80 Å². The van der Waals surface area contributed by atoms with Crippen LogP contribution in [0.4, 0.5) is 34.1 Å². The van der Waals surface area contributed by atoms with Crippen LogP contribution in [0, 0.1) is 52.4 Å². The van der Waals surface area contributed by atoms with E-state index in [1.165, 1.54) is 115 Å². The molecule has 2 nitrogen and oxygen atoms in total. The van der Waals surface area contributed by atoms with Gasteiger partial charge in [-0.2, -0.15) is 0 Å². The van der Waals surface area contributed by atoms with E-state index in [0.717, 1.165) is 0 Å². The molecule has 0 unspecified atom stereocenters. The van der Waals surface area contributed by atoms with Gasteiger partial charge in [0.2, 0.25) is 0 Å². The van der Waals surface area contributed by atoms with Crippen molar-refractivity contribution in [3.8, 4) is 11.1 Å². The summed E-state index contributed by atoms with van der Waals surface area (Å²) in [6, 6.07) is 43.3. The van der Waals surface area contributed by atoms with E-state index in [-0.39, 0.29) is 32.5 Å². The zero-order valence-corrected chi connectivity index (χ0v) is 42.1. The molecule has 2 fully saturated rings. The molecule has 0 saturated heterocycles. The van der Waals surface area contributed by atoms with Crippen molar-refractivity contribution >= 4 is 34.1 Å². The Morgan fingerprint density at radius 2 is 0.656 bits per heavy atom. The molecular formula is C62H74N2. The highest BCUT2D eigenvalue weighted by molar-refractivity contribution is 5.89. The summed E-state index contributed by atoms with van der Waals surface area (Å²) in [5, 5.41) is 0. The van der Waals surface area contributed by atoms with Crippen molar-refractivity contribution in [2.75, 3.05) is 9.80 Å². The van der Waals surface area contributed by atoms with Crippen molar-refractivity contribution in [3.05, 3.63) is 165 Å². The maximum atomic E-state index is 2.66. The number of hydrogen-bond donors (Lipinski definition) is 0. The molecule has 9 rings (SSSR count). The molecule has 332 valence electrons. The Morgan fingerprint density at radius 1 is 0.375 bits per heavy atom. The van der Waals surface area contributed by atoms with Crippen LogP contribution >= 0.6 is 0 Å². The van der Waals surface area contributed by atoms with Gasteiger partial charge in [-0.05, 0) is 193 Å². The number of benzene rings is 6. The third-order valence-electron chi connectivity index (χ3n) is 15.6. The van der Waals surface area contributed by atoms with E-state index in [1.807, 2.05) is 0 Å². The second kappa shape index (κ2) is 14.7. The first-order chi connectivity index (χ1) is 29.8. The van der Waals surface area contributed by atoms with Crippen LogP contribution in [0.15, 0.2) is 109 Å². The van der Waals surface area contributed by atoms with Gasteiger partial charge in [0.15, 0.2) is 0 Å². The molecule has 0 atom stereocenters. The average molecular weight is 847 g/mol. The van der Waals surface area contributed by atoms with Crippen molar-refractivity contribution < 1.29 is 0 Å². The molecule has 0 aromatic heterocycles. The number of hydrogen-bond acceptors (Lipinski definition) is 2. The molecule has 0 spiro atoms. The molecule has 64 heavy (non-hydrogen) atoms. The van der Waals surface area contributed by atoms with Crippen molar-refractivity contribution in [1.82, 2.24) is 0 Å². The van der Waals surface area contributed by atoms with Gasteiger partial charge >= 0.3 is 0 Å². The van der Waals surface area contributed by atoms with Crippen molar-refractivity contribution in [1.29, 1.82) is 0 Å². The first kappa shape index (κ1) is 44.1. The minimum absolute atomic E-state index is 0.00895. The normalized spacial score (nSPS) is 20.6. The molecule has 2 heteroatoms. The Kier molecular flexibility index (Phi) is 10.1. The summed E-state index contributed by atoms with van der Waals surface area (Å²) < 4.78 is 0. The van der Waals surface area contributed by atoms with Crippen LogP contribution in [0.2, 0.25) is 0 Å². The van der Waals surface area contributed by atoms with Crippen LogP contribution in [0.5, 0.6) is 0 Å². The fraction of sp³-hybridized carbons (Fsp3) is 0.419. The molecule has 3 aliphatic carbocycles. The fourth-order valence-corrected chi connectivity index (χ4v) is 13.4. The molecule has 2 saturated carbocycles. The molecule has 0 radical (unpaired) electrons. The summed E-state index contributed by atoms with van der Waals surface area (Å²) in [5.41, 5.74) is 24.5. The van der Waals surface area contributed by atoms with Crippen LogP contribution in [-0.2, 0) is 21.7 Å². The van der Waals surface area contributed by atoms with Gasteiger partial charge in [-0.25, -0.2) is 0 Å². The standard InChI is InChI=1S/C62H74N2/c1-39-17-21-47(22-18-39)63(55-41(3)29-45(30-42(55)4)57(7,8)9)49-25-27-51-52-28-26-50(34-54(52)62-37-59(13,14)35-61(62,53(51)33-49)36-60(15,16)38-62)64(48-23-19-40(2)20-24-48)56-43(5)31-46(32-44(56)6)58(10,11)12/h17-34H,35-38H2,1-16H3/t61-,62+. The topological polar surface area (TPSA) is 6.48 Å². The highest BCUT2D eigenvalue weighted by Crippen LogP contribution is 2.76. The van der Waals surface area contributed by atoms with E-state index in [1.54, 1.807) is 11.1 Å². The van der Waals surface area contributed by atoms with E-state index < -0.39 is 0 Å². The van der Waals surface area contributed by atoms with Crippen molar-refractivity contribution in [2.45, 2.75) is 158 Å². The quantitative estimate of drug-likeness (QED) is 0.165. The molecule has 0 N–H and O–H groups in total. The molecule has 3 aliphatic rings. The van der Waals surface area contributed by atoms with Gasteiger partial charge in [-0.3, -0.25) is 0 Å². The Balaban J connectivity index is 1.30. The Morgan fingerprint density at radius 3 is 0.938 bits per heavy atom. The monoisotopic (exact) mass is 847 g/mol. The predicted octanol–water partition coefficient (Wildman–Crippen LogP) is 17.9. The minimum atomic E-state index is -0.00895. The zero-order valence-electron chi connectivity index (χ0n) is 42.1. The van der Waals surface area contributed by atoms with Crippen LogP contribution in [0.25, 0.3) is 11.1 Å². The number of fused-ring (bicyclic) bond motifs is 3. The second-order valence-electron chi connectivity index (χ2n) is 24.4. The number of anilines is 6. The zero-order chi connectivity index (χ0) is 46.1. The lowest BCUT2D eigenvalue weighted by molar-refractivity contribution is 0.264. The SMILES string of the molecule is Cc1ccc(N(c2ccc3c(c2)[C@]24CC(C)(C)C[C@]2(CC(C)(C)C4)c2cc(N(c4ccc(C)cc4)c4c(C)cc(C(C)(C)C)cc4C)ccc2-3)c2c(C)cc(C(C)(C)C)cc2C)cc1. The smallest absolute Gasteiger partial charge is 0.0520 e. The van der Waals surface area contributed by atoms with Gasteiger partial charge in [0.1, 0.15) is 0 Å². The highest BCUT2D eigenvalue weighted by Gasteiger charge is 2.70. The summed E-state index contributed by atoms with van der Waals surface area (Å²) in [6.45, 7) is 37.8. The average Bonchev–Trinajstić information content (AvgIpc) is 3.57.